The Kier molecular flexibility index (Phi) is 3.94. The maximum atomic E-state index is 12.8. The summed E-state index contributed by atoms with van der Waals surface area (Å²) in [7, 11) is 0. The average molecular weight is 350 g/mol. The van der Waals surface area contributed by atoms with Gasteiger partial charge in [-0.05, 0) is 51.5 Å². The van der Waals surface area contributed by atoms with Gasteiger partial charge in [0.1, 0.15) is 10.4 Å². The fourth-order valence-electron chi connectivity index (χ4n) is 3.06. The summed E-state index contributed by atoms with van der Waals surface area (Å²) in [6.07, 6.45) is 2.16. The number of hydrogen-bond donors (Lipinski definition) is 1. The van der Waals surface area contributed by atoms with Crippen molar-refractivity contribution in [2.45, 2.75) is 59.1 Å². The molecule has 24 heavy (non-hydrogen) atoms. The van der Waals surface area contributed by atoms with Gasteiger partial charge >= 0.3 is 11.7 Å². The molecule has 2 heterocycles. The maximum Gasteiger partial charge on any atom is 0.329 e. The molecule has 3 rings (SSSR count). The molecule has 0 atom stereocenters. The molecule has 2 aromatic rings. The summed E-state index contributed by atoms with van der Waals surface area (Å²) in [5, 5.41) is 2.37. The van der Waals surface area contributed by atoms with Gasteiger partial charge in [0.2, 0.25) is 0 Å². The molecule has 2 aromatic heterocycles. The van der Waals surface area contributed by atoms with Crippen LogP contribution < -0.4 is 11.2 Å². The molecule has 0 aromatic carbocycles. The number of hydrogen-bond acceptors (Lipinski definition) is 5. The predicted molar refractivity (Wildman–Crippen MR) is 93.6 cm³/mol. The molecule has 7 heteroatoms. The molecule has 0 saturated heterocycles. The Labute approximate surface area is 143 Å². The topological polar surface area (TPSA) is 81.2 Å². The van der Waals surface area contributed by atoms with Crippen LogP contribution in [0.25, 0.3) is 10.2 Å². The SMILES string of the molecule is Cc1csc2[nH]c(=O)n(CC3(C(=O)OC(C)(C)C)CCC3)c(=O)c12. The molecular weight excluding hydrogens is 328 g/mol. The zero-order valence-electron chi connectivity index (χ0n) is 14.4. The van der Waals surface area contributed by atoms with E-state index in [0.717, 1.165) is 16.6 Å². The minimum absolute atomic E-state index is 0.0707. The third-order valence-electron chi connectivity index (χ3n) is 4.50. The number of nitrogens with zero attached hydrogens (tertiary/aromatic N) is 1. The van der Waals surface area contributed by atoms with E-state index >= 15 is 0 Å². The lowest BCUT2D eigenvalue weighted by atomic mass is 9.68. The van der Waals surface area contributed by atoms with E-state index in [1.54, 1.807) is 0 Å². The van der Waals surface area contributed by atoms with E-state index < -0.39 is 16.7 Å². The zero-order chi connectivity index (χ0) is 17.7. The Morgan fingerprint density at radius 1 is 1.38 bits per heavy atom. The van der Waals surface area contributed by atoms with Crippen molar-refractivity contribution in [1.82, 2.24) is 9.55 Å². The first-order valence-electron chi connectivity index (χ1n) is 8.07. The van der Waals surface area contributed by atoms with E-state index in [1.165, 1.54) is 11.3 Å². The first-order valence-corrected chi connectivity index (χ1v) is 8.95. The highest BCUT2D eigenvalue weighted by molar-refractivity contribution is 7.16. The van der Waals surface area contributed by atoms with Gasteiger partial charge < -0.3 is 4.74 Å². The number of thiophene rings is 1. The van der Waals surface area contributed by atoms with Crippen molar-refractivity contribution in [2.75, 3.05) is 0 Å². The van der Waals surface area contributed by atoms with Crippen LogP contribution in [0.1, 0.15) is 45.6 Å². The van der Waals surface area contributed by atoms with Crippen LogP contribution in [0.4, 0.5) is 0 Å². The standard InChI is InChI=1S/C17H22N2O4S/c1-10-8-24-12-11(10)13(20)19(15(22)18-12)9-17(6-5-7-17)14(21)23-16(2,3)4/h8H,5-7,9H2,1-4H3,(H,18,22). The van der Waals surface area contributed by atoms with Crippen molar-refractivity contribution in [3.63, 3.8) is 0 Å². The molecule has 130 valence electrons. The number of aromatic amines is 1. The molecule has 0 amide bonds. The minimum Gasteiger partial charge on any atom is -0.459 e. The zero-order valence-corrected chi connectivity index (χ0v) is 15.2. The number of esters is 1. The Bertz CT molecular complexity index is 909. The molecule has 0 bridgehead atoms. The molecular formula is C17H22N2O4S. The number of aromatic nitrogens is 2. The van der Waals surface area contributed by atoms with Crippen molar-refractivity contribution >= 4 is 27.5 Å². The van der Waals surface area contributed by atoms with Crippen LogP contribution in [0.15, 0.2) is 15.0 Å². The summed E-state index contributed by atoms with van der Waals surface area (Å²) < 4.78 is 6.69. The number of H-pyrrole nitrogens is 1. The molecule has 0 radical (unpaired) electrons. The number of aryl methyl sites for hydroxylation is 1. The van der Waals surface area contributed by atoms with Crippen LogP contribution in [-0.2, 0) is 16.1 Å². The van der Waals surface area contributed by atoms with Gasteiger partial charge in [-0.1, -0.05) is 6.42 Å². The summed E-state index contributed by atoms with van der Waals surface area (Å²) in [5.41, 5.74) is -1.33. The molecule has 0 unspecified atom stereocenters. The van der Waals surface area contributed by atoms with Crippen LogP contribution in [-0.4, -0.2) is 21.1 Å². The molecule has 6 nitrogen and oxygen atoms in total. The number of ether oxygens (including phenoxy) is 1. The number of carbonyl (C=O) groups is 1. The van der Waals surface area contributed by atoms with Crippen LogP contribution in [0.3, 0.4) is 0 Å². The van der Waals surface area contributed by atoms with E-state index in [-0.39, 0.29) is 18.1 Å². The van der Waals surface area contributed by atoms with Gasteiger partial charge in [0, 0.05) is 6.54 Å². The van der Waals surface area contributed by atoms with E-state index in [0.29, 0.717) is 23.1 Å². The fraction of sp³-hybridized carbons (Fsp3) is 0.588. The third kappa shape index (κ3) is 2.81. The summed E-state index contributed by atoms with van der Waals surface area (Å²) in [5.74, 6) is -0.324. The summed E-state index contributed by atoms with van der Waals surface area (Å²) in [6.45, 7) is 7.36. The van der Waals surface area contributed by atoms with Gasteiger partial charge in [-0.15, -0.1) is 11.3 Å². The lowest BCUT2D eigenvalue weighted by molar-refractivity contribution is -0.175. The van der Waals surface area contributed by atoms with Gasteiger partial charge in [-0.25, -0.2) is 4.79 Å². The van der Waals surface area contributed by atoms with Crippen molar-refractivity contribution in [3.8, 4) is 0 Å². The quantitative estimate of drug-likeness (QED) is 0.863. The maximum absolute atomic E-state index is 12.8. The summed E-state index contributed by atoms with van der Waals surface area (Å²) in [6, 6.07) is 0. The van der Waals surface area contributed by atoms with Crippen molar-refractivity contribution in [1.29, 1.82) is 0 Å². The molecule has 1 saturated carbocycles. The molecule has 1 aliphatic carbocycles. The van der Waals surface area contributed by atoms with Crippen LogP contribution >= 0.6 is 11.3 Å². The Hall–Kier alpha value is -1.89. The van der Waals surface area contributed by atoms with Gasteiger partial charge in [-0.2, -0.15) is 0 Å². The number of nitrogens with one attached hydrogen (secondary N) is 1. The lowest BCUT2D eigenvalue weighted by Crippen LogP contribution is -2.49. The second kappa shape index (κ2) is 5.58. The van der Waals surface area contributed by atoms with E-state index in [4.69, 9.17) is 4.74 Å². The molecule has 1 N–H and O–H groups in total. The molecule has 1 fully saturated rings. The molecule has 0 spiro atoms. The monoisotopic (exact) mass is 350 g/mol. The molecule has 1 aliphatic rings. The largest absolute Gasteiger partial charge is 0.459 e. The lowest BCUT2D eigenvalue weighted by Gasteiger charge is -2.41. The minimum atomic E-state index is -0.776. The summed E-state index contributed by atoms with van der Waals surface area (Å²) >= 11 is 1.34. The smallest absolute Gasteiger partial charge is 0.329 e. The highest BCUT2D eigenvalue weighted by Gasteiger charge is 2.47. The Morgan fingerprint density at radius 2 is 2.04 bits per heavy atom. The number of fused-ring (bicyclic) bond motifs is 1. The fourth-order valence-corrected chi connectivity index (χ4v) is 3.98. The third-order valence-corrected chi connectivity index (χ3v) is 5.52. The predicted octanol–water partition coefficient (Wildman–Crippen LogP) is 2.57. The summed E-state index contributed by atoms with van der Waals surface area (Å²) in [4.78, 5) is 41.1. The Morgan fingerprint density at radius 3 is 2.58 bits per heavy atom. The average Bonchev–Trinajstić information content (AvgIpc) is 2.76. The van der Waals surface area contributed by atoms with Crippen LogP contribution in [0.5, 0.6) is 0 Å². The number of carbonyl (C=O) groups excluding carboxylic acids is 1. The highest BCUT2D eigenvalue weighted by atomic mass is 32.1. The van der Waals surface area contributed by atoms with Gasteiger partial charge in [0.15, 0.2) is 0 Å². The van der Waals surface area contributed by atoms with E-state index in [9.17, 15) is 14.4 Å². The number of rotatable bonds is 3. The van der Waals surface area contributed by atoms with Gasteiger partial charge in [-0.3, -0.25) is 19.1 Å². The first kappa shape index (κ1) is 17.0. The molecule has 0 aliphatic heterocycles. The first-order chi connectivity index (χ1) is 11.1. The van der Waals surface area contributed by atoms with Crippen LogP contribution in [0.2, 0.25) is 0 Å². The highest BCUT2D eigenvalue weighted by Crippen LogP contribution is 2.44. The normalized spacial score (nSPS) is 16.8. The second-order valence-corrected chi connectivity index (χ2v) is 8.46. The Balaban J connectivity index is 2.02. The van der Waals surface area contributed by atoms with Crippen molar-refractivity contribution in [2.24, 2.45) is 5.41 Å². The van der Waals surface area contributed by atoms with E-state index in [1.807, 2.05) is 33.1 Å². The van der Waals surface area contributed by atoms with Crippen molar-refractivity contribution < 1.29 is 9.53 Å². The van der Waals surface area contributed by atoms with Crippen LogP contribution in [0, 0.1) is 12.3 Å². The van der Waals surface area contributed by atoms with Gasteiger partial charge in [0.25, 0.3) is 5.56 Å². The second-order valence-electron chi connectivity index (χ2n) is 7.58. The van der Waals surface area contributed by atoms with Crippen molar-refractivity contribution in [3.05, 3.63) is 31.8 Å². The van der Waals surface area contributed by atoms with E-state index in [2.05, 4.69) is 4.98 Å². The van der Waals surface area contributed by atoms with Gasteiger partial charge in [0.05, 0.1) is 10.8 Å².